The predicted molar refractivity (Wildman–Crippen MR) is 139 cm³/mol. The lowest BCUT2D eigenvalue weighted by molar-refractivity contribution is -0.141. The van der Waals surface area contributed by atoms with Crippen LogP contribution in [0.4, 0.5) is 0 Å². The third-order valence-electron chi connectivity index (χ3n) is 5.84. The number of carbonyl (C=O) groups is 2. The summed E-state index contributed by atoms with van der Waals surface area (Å²) in [4.78, 5) is 32.8. The summed E-state index contributed by atoms with van der Waals surface area (Å²) >= 11 is 1.43. The lowest BCUT2D eigenvalue weighted by Crippen LogP contribution is -2.38. The molecule has 2 heterocycles. The molecule has 1 atom stereocenters. The number of carbonyl (C=O) groups excluding carboxylic acids is 2. The summed E-state index contributed by atoms with van der Waals surface area (Å²) in [6.45, 7) is 2.80. The fourth-order valence-electron chi connectivity index (χ4n) is 4.14. The molecule has 2 aromatic carbocycles. The number of thioether (sulfide) groups is 1. The minimum Gasteiger partial charge on any atom is -0.496 e. The van der Waals surface area contributed by atoms with Crippen molar-refractivity contribution < 1.29 is 23.8 Å². The first-order chi connectivity index (χ1) is 17.5. The predicted octanol–water partition coefficient (Wildman–Crippen LogP) is 4.17. The summed E-state index contributed by atoms with van der Waals surface area (Å²) in [6.07, 6.45) is 0.132. The van der Waals surface area contributed by atoms with Crippen LogP contribution in [0.3, 0.4) is 0 Å². The number of allylic oxidation sites excluding steroid dienone is 1. The Balaban J connectivity index is 1.67. The largest absolute Gasteiger partial charge is 0.496 e. The normalized spacial score (nSPS) is 16.8. The Morgan fingerprint density at radius 1 is 1.08 bits per heavy atom. The zero-order valence-electron chi connectivity index (χ0n) is 20.5. The van der Waals surface area contributed by atoms with Crippen LogP contribution in [0.5, 0.6) is 5.75 Å². The maximum Gasteiger partial charge on any atom is 0.338 e. The van der Waals surface area contributed by atoms with Crippen molar-refractivity contribution in [1.82, 2.24) is 10.2 Å². The number of rotatable bonds is 10. The van der Waals surface area contributed by atoms with Crippen LogP contribution in [-0.4, -0.2) is 49.3 Å². The Hall–Kier alpha value is -3.56. The fraction of sp³-hybridized carbons (Fsp3) is 0.296. The van der Waals surface area contributed by atoms with E-state index in [2.05, 4.69) is 5.32 Å². The number of methoxy groups -OCH3 is 2. The molecule has 2 aliphatic rings. The van der Waals surface area contributed by atoms with E-state index in [4.69, 9.17) is 19.2 Å². The number of fused-ring (bicyclic) bond motifs is 1. The van der Waals surface area contributed by atoms with Gasteiger partial charge in [0, 0.05) is 24.9 Å². The molecule has 0 saturated carbocycles. The van der Waals surface area contributed by atoms with E-state index in [1.165, 1.54) is 11.8 Å². The molecular weight excluding hydrogens is 478 g/mol. The molecule has 1 N–H and O–H groups in total. The van der Waals surface area contributed by atoms with Crippen LogP contribution in [0.15, 0.2) is 82.0 Å². The smallest absolute Gasteiger partial charge is 0.338 e. The van der Waals surface area contributed by atoms with Crippen LogP contribution < -0.4 is 10.1 Å². The average Bonchev–Trinajstić information content (AvgIpc) is 3.28. The number of hydrogen-bond acceptors (Lipinski definition) is 8. The third-order valence-corrected chi connectivity index (χ3v) is 6.73. The molecule has 8 nitrogen and oxygen atoms in total. The number of amides is 1. The minimum absolute atomic E-state index is 0.132. The van der Waals surface area contributed by atoms with Gasteiger partial charge in [0.05, 0.1) is 37.4 Å². The molecule has 0 bridgehead atoms. The average molecular weight is 508 g/mol. The molecule has 2 aromatic rings. The van der Waals surface area contributed by atoms with E-state index in [-0.39, 0.29) is 18.9 Å². The highest BCUT2D eigenvalue weighted by Gasteiger charge is 2.42. The van der Waals surface area contributed by atoms with Gasteiger partial charge in [-0.05, 0) is 24.0 Å². The molecule has 1 unspecified atom stereocenters. The zero-order valence-corrected chi connectivity index (χ0v) is 21.3. The zero-order chi connectivity index (χ0) is 25.5. The van der Waals surface area contributed by atoms with Gasteiger partial charge in [0.1, 0.15) is 12.4 Å². The van der Waals surface area contributed by atoms with E-state index in [0.29, 0.717) is 35.3 Å². The molecule has 4 rings (SSSR count). The van der Waals surface area contributed by atoms with E-state index in [0.717, 1.165) is 16.8 Å². The Bertz CT molecular complexity index is 1210. The number of esters is 1. The molecule has 0 saturated heterocycles. The summed E-state index contributed by atoms with van der Waals surface area (Å²) in [5.41, 5.74) is 3.40. The van der Waals surface area contributed by atoms with Crippen LogP contribution in [-0.2, 0) is 25.7 Å². The van der Waals surface area contributed by atoms with Gasteiger partial charge < -0.3 is 24.4 Å². The Kier molecular flexibility index (Phi) is 8.45. The van der Waals surface area contributed by atoms with E-state index < -0.39 is 12.0 Å². The van der Waals surface area contributed by atoms with Gasteiger partial charge in [0.2, 0.25) is 5.91 Å². The quantitative estimate of drug-likeness (QED) is 0.381. The fourth-order valence-corrected chi connectivity index (χ4v) is 5.10. The number of hydrogen-bond donors (Lipinski definition) is 1. The molecule has 0 spiro atoms. The van der Waals surface area contributed by atoms with Crippen molar-refractivity contribution in [2.75, 3.05) is 27.4 Å². The molecule has 0 radical (unpaired) electrons. The van der Waals surface area contributed by atoms with Crippen molar-refractivity contribution in [3.05, 3.63) is 88.1 Å². The SMILES string of the molecule is COCCNC(=O)CC1=CSC2=NC(C)=C(C(=O)OCc3ccccc3)C(c3ccccc3OC)N12. The Morgan fingerprint density at radius 3 is 2.58 bits per heavy atom. The summed E-state index contributed by atoms with van der Waals surface area (Å²) < 4.78 is 16.4. The minimum atomic E-state index is -0.565. The second-order valence-corrected chi connectivity index (χ2v) is 9.05. The second kappa shape index (κ2) is 11.9. The van der Waals surface area contributed by atoms with E-state index >= 15 is 0 Å². The highest BCUT2D eigenvalue weighted by atomic mass is 32.2. The number of para-hydroxylation sites is 1. The van der Waals surface area contributed by atoms with Crippen molar-refractivity contribution >= 4 is 28.8 Å². The van der Waals surface area contributed by atoms with E-state index in [1.54, 1.807) is 14.2 Å². The number of nitrogens with one attached hydrogen (secondary N) is 1. The molecule has 0 aliphatic carbocycles. The molecule has 36 heavy (non-hydrogen) atoms. The van der Waals surface area contributed by atoms with Crippen molar-refractivity contribution in [2.45, 2.75) is 26.0 Å². The van der Waals surface area contributed by atoms with Gasteiger partial charge in [0.15, 0.2) is 5.17 Å². The second-order valence-electron chi connectivity index (χ2n) is 8.22. The van der Waals surface area contributed by atoms with Crippen LogP contribution in [0.2, 0.25) is 0 Å². The first kappa shape index (κ1) is 25.5. The summed E-state index contributed by atoms with van der Waals surface area (Å²) in [7, 11) is 3.18. The van der Waals surface area contributed by atoms with Gasteiger partial charge in [-0.2, -0.15) is 0 Å². The number of benzene rings is 2. The van der Waals surface area contributed by atoms with Gasteiger partial charge in [0.25, 0.3) is 0 Å². The van der Waals surface area contributed by atoms with Gasteiger partial charge in [-0.3, -0.25) is 4.79 Å². The van der Waals surface area contributed by atoms with Crippen molar-refractivity contribution in [1.29, 1.82) is 0 Å². The molecule has 2 aliphatic heterocycles. The van der Waals surface area contributed by atoms with Crippen LogP contribution in [0.1, 0.15) is 30.5 Å². The number of nitrogens with zero attached hydrogens (tertiary/aromatic N) is 2. The molecule has 0 aromatic heterocycles. The van der Waals surface area contributed by atoms with Crippen LogP contribution in [0, 0.1) is 0 Å². The van der Waals surface area contributed by atoms with Crippen LogP contribution in [0.25, 0.3) is 0 Å². The number of ether oxygens (including phenoxy) is 3. The molecule has 188 valence electrons. The van der Waals surface area contributed by atoms with Crippen molar-refractivity contribution in [2.24, 2.45) is 4.99 Å². The first-order valence-corrected chi connectivity index (χ1v) is 12.5. The topological polar surface area (TPSA) is 89.5 Å². The number of amidine groups is 1. The van der Waals surface area contributed by atoms with Crippen molar-refractivity contribution in [3.63, 3.8) is 0 Å². The van der Waals surface area contributed by atoms with Gasteiger partial charge in [-0.25, -0.2) is 9.79 Å². The summed E-state index contributed by atoms with van der Waals surface area (Å²) in [5.74, 6) is 0.0277. The standard InChI is InChI=1S/C27H29N3O5S/c1-18-24(26(32)35-16-19-9-5-4-6-10-19)25(21-11-7-8-12-22(21)34-3)30-20(17-36-27(30)29-18)15-23(31)28-13-14-33-2/h4-12,17,25H,13-16H2,1-3H3,(H,28,31). The molecule has 9 heteroatoms. The molecule has 0 fully saturated rings. The van der Waals surface area contributed by atoms with Gasteiger partial charge >= 0.3 is 5.97 Å². The van der Waals surface area contributed by atoms with Gasteiger partial charge in [-0.15, -0.1) is 0 Å². The van der Waals surface area contributed by atoms with Gasteiger partial charge in [-0.1, -0.05) is 60.3 Å². The monoisotopic (exact) mass is 507 g/mol. The third kappa shape index (κ3) is 5.63. The number of aliphatic imine (C=N–C) groups is 1. The molecular formula is C27H29N3O5S. The van der Waals surface area contributed by atoms with Crippen molar-refractivity contribution in [3.8, 4) is 5.75 Å². The first-order valence-electron chi connectivity index (χ1n) is 11.6. The highest BCUT2D eigenvalue weighted by Crippen LogP contribution is 2.46. The van der Waals surface area contributed by atoms with E-state index in [1.807, 2.05) is 71.8 Å². The summed E-state index contributed by atoms with van der Waals surface area (Å²) in [6, 6.07) is 16.5. The Labute approximate surface area is 215 Å². The maximum atomic E-state index is 13.5. The summed E-state index contributed by atoms with van der Waals surface area (Å²) in [5, 5.41) is 5.46. The maximum absolute atomic E-state index is 13.5. The lowest BCUT2D eigenvalue weighted by Gasteiger charge is -2.36. The van der Waals surface area contributed by atoms with Crippen LogP contribution >= 0.6 is 11.8 Å². The van der Waals surface area contributed by atoms with E-state index in [9.17, 15) is 9.59 Å². The molecule has 1 amide bonds. The Morgan fingerprint density at radius 2 is 1.83 bits per heavy atom. The lowest BCUT2D eigenvalue weighted by atomic mass is 9.93. The highest BCUT2D eigenvalue weighted by molar-refractivity contribution is 8.16.